The largest absolute Gasteiger partial charge is 0.459 e. The lowest BCUT2D eigenvalue weighted by Gasteiger charge is -2.36. The Labute approximate surface area is 105 Å². The van der Waals surface area contributed by atoms with Crippen molar-refractivity contribution in [1.29, 1.82) is 0 Å². The highest BCUT2D eigenvalue weighted by atomic mass is 16.6. The summed E-state index contributed by atoms with van der Waals surface area (Å²) in [6.45, 7) is 6.89. The van der Waals surface area contributed by atoms with Crippen molar-refractivity contribution in [2.24, 2.45) is 5.92 Å². The molecule has 0 atom stereocenters. The van der Waals surface area contributed by atoms with Crippen LogP contribution in [0.3, 0.4) is 0 Å². The van der Waals surface area contributed by atoms with E-state index in [4.69, 9.17) is 4.74 Å². The van der Waals surface area contributed by atoms with Crippen molar-refractivity contribution < 1.29 is 9.53 Å². The first-order valence-corrected chi connectivity index (χ1v) is 6.49. The van der Waals surface area contributed by atoms with Crippen LogP contribution < -0.4 is 5.32 Å². The second-order valence-electron chi connectivity index (χ2n) is 5.66. The predicted molar refractivity (Wildman–Crippen MR) is 68.9 cm³/mol. The third kappa shape index (κ3) is 5.04. The van der Waals surface area contributed by atoms with Crippen LogP contribution in [0.1, 0.15) is 33.1 Å². The number of hydrogen-bond acceptors (Lipinski definition) is 4. The molecule has 1 N–H and O–H groups in total. The van der Waals surface area contributed by atoms with Gasteiger partial charge in [0, 0.05) is 12.5 Å². The summed E-state index contributed by atoms with van der Waals surface area (Å²) in [5.41, 5.74) is -0.328. The van der Waals surface area contributed by atoms with E-state index in [9.17, 15) is 4.79 Å². The first-order chi connectivity index (χ1) is 7.92. The Kier molecular flexibility index (Phi) is 5.40. The minimum absolute atomic E-state index is 0.0813. The summed E-state index contributed by atoms with van der Waals surface area (Å²) in [6.07, 6.45) is 2.66. The monoisotopic (exact) mass is 242 g/mol. The van der Waals surface area contributed by atoms with Gasteiger partial charge < -0.3 is 15.0 Å². The molecule has 1 rings (SSSR count). The van der Waals surface area contributed by atoms with Crippen LogP contribution in [0.15, 0.2) is 0 Å². The van der Waals surface area contributed by atoms with Gasteiger partial charge in [-0.05, 0) is 53.9 Å². The van der Waals surface area contributed by atoms with E-state index in [-0.39, 0.29) is 11.6 Å². The Morgan fingerprint density at radius 1 is 1.35 bits per heavy atom. The molecule has 17 heavy (non-hydrogen) atoms. The number of carbonyl (C=O) groups excluding carboxylic acids is 1. The molecule has 1 aliphatic heterocycles. The van der Waals surface area contributed by atoms with Crippen LogP contribution in [0, 0.1) is 5.92 Å². The summed E-state index contributed by atoms with van der Waals surface area (Å²) in [4.78, 5) is 13.7. The normalized spacial score (nSPS) is 18.4. The van der Waals surface area contributed by atoms with E-state index in [1.807, 2.05) is 32.8 Å². The number of hydrogen-bond donors (Lipinski definition) is 1. The lowest BCUT2D eigenvalue weighted by atomic mass is 9.83. The van der Waals surface area contributed by atoms with E-state index in [1.165, 1.54) is 0 Å². The first kappa shape index (κ1) is 14.5. The van der Waals surface area contributed by atoms with Gasteiger partial charge in [0.15, 0.2) is 0 Å². The summed E-state index contributed by atoms with van der Waals surface area (Å²) in [7, 11) is 3.93. The van der Waals surface area contributed by atoms with Gasteiger partial charge in [-0.25, -0.2) is 0 Å². The molecular weight excluding hydrogens is 216 g/mol. The van der Waals surface area contributed by atoms with E-state index in [0.717, 1.165) is 32.5 Å². The van der Waals surface area contributed by atoms with Crippen molar-refractivity contribution in [3.8, 4) is 0 Å². The lowest BCUT2D eigenvalue weighted by Crippen LogP contribution is -2.43. The van der Waals surface area contributed by atoms with Gasteiger partial charge in [0.2, 0.25) is 0 Å². The number of esters is 1. The molecule has 0 saturated carbocycles. The number of nitrogens with one attached hydrogen (secondary N) is 1. The molecule has 4 heteroatoms. The Bertz CT molecular complexity index is 246. The number of carbonyl (C=O) groups is 1. The van der Waals surface area contributed by atoms with E-state index >= 15 is 0 Å². The Morgan fingerprint density at radius 2 is 1.94 bits per heavy atom. The van der Waals surface area contributed by atoms with Crippen molar-refractivity contribution in [3.05, 3.63) is 0 Å². The predicted octanol–water partition coefficient (Wildman–Crippen LogP) is 1.26. The van der Waals surface area contributed by atoms with Gasteiger partial charge in [-0.2, -0.15) is 0 Å². The summed E-state index contributed by atoms with van der Waals surface area (Å²) in [5.74, 6) is 0.397. The maximum atomic E-state index is 11.7. The van der Waals surface area contributed by atoms with E-state index in [0.29, 0.717) is 12.3 Å². The molecule has 0 amide bonds. The number of rotatable bonds is 5. The first-order valence-electron chi connectivity index (χ1n) is 6.49. The fourth-order valence-electron chi connectivity index (χ4n) is 2.26. The van der Waals surface area contributed by atoms with E-state index < -0.39 is 0 Å². The molecular formula is C13H26N2O2. The summed E-state index contributed by atoms with van der Waals surface area (Å²) < 4.78 is 5.63. The third-order valence-corrected chi connectivity index (χ3v) is 3.46. The van der Waals surface area contributed by atoms with Gasteiger partial charge in [0.1, 0.15) is 5.60 Å². The zero-order valence-corrected chi connectivity index (χ0v) is 11.6. The minimum atomic E-state index is -0.328. The molecule has 0 bridgehead atoms. The van der Waals surface area contributed by atoms with Crippen molar-refractivity contribution in [2.75, 3.05) is 33.7 Å². The van der Waals surface area contributed by atoms with Crippen LogP contribution in [-0.2, 0) is 9.53 Å². The molecule has 0 aromatic rings. The minimum Gasteiger partial charge on any atom is -0.459 e. The third-order valence-electron chi connectivity index (χ3n) is 3.46. The van der Waals surface area contributed by atoms with Crippen LogP contribution in [0.4, 0.5) is 0 Å². The average molecular weight is 242 g/mol. The molecule has 4 nitrogen and oxygen atoms in total. The quantitative estimate of drug-likeness (QED) is 0.737. The van der Waals surface area contributed by atoms with Gasteiger partial charge in [-0.1, -0.05) is 0 Å². The molecule has 0 aromatic heterocycles. The van der Waals surface area contributed by atoms with Crippen LogP contribution in [0.25, 0.3) is 0 Å². The molecule has 0 radical (unpaired) electrons. The lowest BCUT2D eigenvalue weighted by molar-refractivity contribution is -0.163. The smallest absolute Gasteiger partial charge is 0.307 e. The van der Waals surface area contributed by atoms with E-state index in [1.54, 1.807) is 0 Å². The molecule has 1 saturated heterocycles. The molecule has 1 fully saturated rings. The summed E-state index contributed by atoms with van der Waals surface area (Å²) in [6, 6.07) is 0. The average Bonchev–Trinajstić information content (AvgIpc) is 2.27. The van der Waals surface area contributed by atoms with Crippen LogP contribution >= 0.6 is 0 Å². The van der Waals surface area contributed by atoms with Gasteiger partial charge in [0.25, 0.3) is 0 Å². The molecule has 1 heterocycles. The molecule has 100 valence electrons. The molecule has 1 aliphatic rings. The summed E-state index contributed by atoms with van der Waals surface area (Å²) in [5, 5.41) is 3.33. The van der Waals surface area contributed by atoms with Crippen molar-refractivity contribution >= 4 is 5.97 Å². The molecule has 0 aromatic carbocycles. The van der Waals surface area contributed by atoms with Crippen LogP contribution in [-0.4, -0.2) is 50.2 Å². The Hall–Kier alpha value is -0.610. The zero-order chi connectivity index (χ0) is 12.9. The number of ether oxygens (including phenoxy) is 1. The highest BCUT2D eigenvalue weighted by Crippen LogP contribution is 2.29. The number of nitrogens with zero attached hydrogens (tertiary/aromatic N) is 1. The molecule has 0 spiro atoms. The van der Waals surface area contributed by atoms with Gasteiger partial charge in [0.05, 0.1) is 6.42 Å². The summed E-state index contributed by atoms with van der Waals surface area (Å²) >= 11 is 0. The maximum absolute atomic E-state index is 11.7. The second-order valence-corrected chi connectivity index (χ2v) is 5.66. The topological polar surface area (TPSA) is 41.6 Å². The van der Waals surface area contributed by atoms with Crippen LogP contribution in [0.2, 0.25) is 0 Å². The Balaban J connectivity index is 2.38. The van der Waals surface area contributed by atoms with E-state index in [2.05, 4.69) is 5.32 Å². The van der Waals surface area contributed by atoms with Gasteiger partial charge in [-0.3, -0.25) is 4.79 Å². The SMILES string of the molecule is CN(C)CCC(=O)OC(C)(C)C1CCNCC1. The molecule has 0 aliphatic carbocycles. The van der Waals surface area contributed by atoms with Gasteiger partial charge in [-0.15, -0.1) is 0 Å². The highest BCUT2D eigenvalue weighted by molar-refractivity contribution is 5.70. The van der Waals surface area contributed by atoms with Crippen LogP contribution in [0.5, 0.6) is 0 Å². The van der Waals surface area contributed by atoms with Crippen molar-refractivity contribution in [1.82, 2.24) is 10.2 Å². The second kappa shape index (κ2) is 6.36. The van der Waals surface area contributed by atoms with Crippen molar-refractivity contribution in [3.63, 3.8) is 0 Å². The molecule has 0 unspecified atom stereocenters. The standard InChI is InChI=1S/C13H26N2O2/c1-13(2,11-5-8-14-9-6-11)17-12(16)7-10-15(3)4/h11,14H,5-10H2,1-4H3. The van der Waals surface area contributed by atoms with Crippen molar-refractivity contribution in [2.45, 2.75) is 38.7 Å². The Morgan fingerprint density at radius 3 is 2.47 bits per heavy atom. The van der Waals surface area contributed by atoms with Gasteiger partial charge >= 0.3 is 5.97 Å². The maximum Gasteiger partial charge on any atom is 0.307 e. The zero-order valence-electron chi connectivity index (χ0n) is 11.6. The highest BCUT2D eigenvalue weighted by Gasteiger charge is 2.33. The number of piperidine rings is 1. The fourth-order valence-corrected chi connectivity index (χ4v) is 2.26. The fraction of sp³-hybridized carbons (Fsp3) is 0.923.